The number of sulfonamides is 1. The number of hydrogen-bond acceptors (Lipinski definition) is 5. The van der Waals surface area contributed by atoms with Crippen molar-refractivity contribution in [2.75, 3.05) is 19.3 Å². The van der Waals surface area contributed by atoms with Gasteiger partial charge in [0.1, 0.15) is 0 Å². The predicted molar refractivity (Wildman–Crippen MR) is 57.0 cm³/mol. The molecule has 2 rings (SSSR count). The summed E-state index contributed by atoms with van der Waals surface area (Å²) in [5.41, 5.74) is 0. The summed E-state index contributed by atoms with van der Waals surface area (Å²) in [5.74, 6) is 0.946. The van der Waals surface area contributed by atoms with Gasteiger partial charge in [0.2, 0.25) is 10.0 Å². The van der Waals surface area contributed by atoms with Crippen LogP contribution in [0.1, 0.15) is 18.7 Å². The molecule has 90 valence electrons. The molecule has 0 bridgehead atoms. The Morgan fingerprint density at radius 2 is 2.38 bits per heavy atom. The second-order valence-corrected chi connectivity index (χ2v) is 6.14. The molecule has 7 nitrogen and oxygen atoms in total. The van der Waals surface area contributed by atoms with E-state index < -0.39 is 10.0 Å². The maximum Gasteiger partial charge on any atom is 0.211 e. The molecule has 1 unspecified atom stereocenters. The van der Waals surface area contributed by atoms with Crippen LogP contribution in [-0.4, -0.2) is 52.7 Å². The van der Waals surface area contributed by atoms with Crippen LogP contribution in [0.4, 0.5) is 0 Å². The summed E-state index contributed by atoms with van der Waals surface area (Å²) in [6.45, 7) is 1.19. The van der Waals surface area contributed by atoms with Gasteiger partial charge in [0.05, 0.1) is 6.26 Å². The summed E-state index contributed by atoms with van der Waals surface area (Å²) in [4.78, 5) is 0. The van der Waals surface area contributed by atoms with E-state index in [2.05, 4.69) is 20.6 Å². The number of rotatable bonds is 3. The molecule has 1 aliphatic rings. The van der Waals surface area contributed by atoms with Gasteiger partial charge in [-0.2, -0.15) is 5.21 Å². The molecule has 16 heavy (non-hydrogen) atoms. The minimum Gasteiger partial charge on any atom is -0.213 e. The lowest BCUT2D eigenvalue weighted by atomic mass is 9.96. The minimum absolute atomic E-state index is 0.293. The van der Waals surface area contributed by atoms with Crippen LogP contribution in [0.2, 0.25) is 0 Å². The summed E-state index contributed by atoms with van der Waals surface area (Å²) in [5, 5.41) is 13.7. The summed E-state index contributed by atoms with van der Waals surface area (Å²) >= 11 is 0. The van der Waals surface area contributed by atoms with Gasteiger partial charge in [0.25, 0.3) is 0 Å². The highest BCUT2D eigenvalue weighted by molar-refractivity contribution is 7.88. The monoisotopic (exact) mass is 245 g/mol. The average Bonchev–Trinajstić information content (AvgIpc) is 2.70. The summed E-state index contributed by atoms with van der Waals surface area (Å²) in [6, 6.07) is 0. The van der Waals surface area contributed by atoms with Crippen molar-refractivity contribution in [2.45, 2.75) is 19.3 Å². The Morgan fingerprint density at radius 3 is 3.00 bits per heavy atom. The Hall–Kier alpha value is -1.02. The normalized spacial score (nSPS) is 23.4. The molecule has 1 aliphatic heterocycles. The SMILES string of the molecule is CS(=O)(=O)N1CCCC(Cc2nn[nH]n2)C1. The van der Waals surface area contributed by atoms with Crippen molar-refractivity contribution in [1.29, 1.82) is 0 Å². The molecule has 1 aromatic rings. The van der Waals surface area contributed by atoms with Crippen LogP contribution in [-0.2, 0) is 16.4 Å². The minimum atomic E-state index is -3.07. The maximum absolute atomic E-state index is 11.4. The van der Waals surface area contributed by atoms with E-state index in [0.29, 0.717) is 31.3 Å². The van der Waals surface area contributed by atoms with E-state index in [1.54, 1.807) is 0 Å². The molecule has 0 spiro atoms. The predicted octanol–water partition coefficient (Wildman–Crippen LogP) is -0.586. The topological polar surface area (TPSA) is 91.8 Å². The van der Waals surface area contributed by atoms with Crippen LogP contribution in [0.15, 0.2) is 0 Å². The van der Waals surface area contributed by atoms with Crippen LogP contribution in [0.5, 0.6) is 0 Å². The molecule has 1 N–H and O–H groups in total. The lowest BCUT2D eigenvalue weighted by molar-refractivity contribution is 0.264. The smallest absolute Gasteiger partial charge is 0.211 e. The average molecular weight is 245 g/mol. The molecule has 8 heteroatoms. The highest BCUT2D eigenvalue weighted by Gasteiger charge is 2.26. The molecule has 0 saturated carbocycles. The highest BCUT2D eigenvalue weighted by atomic mass is 32.2. The van der Waals surface area contributed by atoms with E-state index in [0.717, 1.165) is 12.8 Å². The van der Waals surface area contributed by atoms with Crippen LogP contribution in [0, 0.1) is 5.92 Å². The molecule has 0 radical (unpaired) electrons. The lowest BCUT2D eigenvalue weighted by Gasteiger charge is -2.30. The number of nitrogens with one attached hydrogen (secondary N) is 1. The van der Waals surface area contributed by atoms with Gasteiger partial charge in [-0.05, 0) is 18.8 Å². The third-order valence-corrected chi connectivity index (χ3v) is 4.08. The maximum atomic E-state index is 11.4. The van der Waals surface area contributed by atoms with Crippen LogP contribution >= 0.6 is 0 Å². The Kier molecular flexibility index (Phi) is 3.20. The van der Waals surface area contributed by atoms with Gasteiger partial charge < -0.3 is 0 Å². The Labute approximate surface area is 94.3 Å². The van der Waals surface area contributed by atoms with Gasteiger partial charge in [0, 0.05) is 19.5 Å². The number of aromatic nitrogens is 4. The molecule has 0 aromatic carbocycles. The van der Waals surface area contributed by atoms with Gasteiger partial charge in [-0.15, -0.1) is 10.2 Å². The first-order chi connectivity index (χ1) is 7.55. The van der Waals surface area contributed by atoms with Crippen molar-refractivity contribution < 1.29 is 8.42 Å². The Bertz CT molecular complexity index is 429. The molecule has 1 saturated heterocycles. The van der Waals surface area contributed by atoms with Crippen molar-refractivity contribution in [3.05, 3.63) is 5.82 Å². The number of aromatic amines is 1. The van der Waals surface area contributed by atoms with Gasteiger partial charge in [0.15, 0.2) is 5.82 Å². The van der Waals surface area contributed by atoms with E-state index >= 15 is 0 Å². The van der Waals surface area contributed by atoms with Crippen LogP contribution in [0.25, 0.3) is 0 Å². The molecule has 2 heterocycles. The molecule has 1 aromatic heterocycles. The quantitative estimate of drug-likeness (QED) is 0.768. The zero-order valence-corrected chi connectivity index (χ0v) is 9.94. The number of nitrogens with zero attached hydrogens (tertiary/aromatic N) is 4. The first kappa shape index (κ1) is 11.5. The fourth-order valence-corrected chi connectivity index (χ4v) is 2.96. The summed E-state index contributed by atoms with van der Waals surface area (Å²) in [6.07, 6.45) is 3.85. The molecule has 0 amide bonds. The van der Waals surface area contributed by atoms with Crippen LogP contribution in [0.3, 0.4) is 0 Å². The van der Waals surface area contributed by atoms with E-state index in [-0.39, 0.29) is 0 Å². The lowest BCUT2D eigenvalue weighted by Crippen LogP contribution is -2.39. The zero-order valence-electron chi connectivity index (χ0n) is 9.13. The first-order valence-electron chi connectivity index (χ1n) is 5.23. The van der Waals surface area contributed by atoms with Crippen molar-refractivity contribution in [3.63, 3.8) is 0 Å². The van der Waals surface area contributed by atoms with E-state index in [1.165, 1.54) is 10.6 Å². The van der Waals surface area contributed by atoms with E-state index in [4.69, 9.17) is 0 Å². The number of piperidine rings is 1. The second-order valence-electron chi connectivity index (χ2n) is 4.16. The van der Waals surface area contributed by atoms with Crippen molar-refractivity contribution in [1.82, 2.24) is 24.9 Å². The van der Waals surface area contributed by atoms with E-state index in [9.17, 15) is 8.42 Å². The molecule has 0 aliphatic carbocycles. The number of H-pyrrole nitrogens is 1. The fraction of sp³-hybridized carbons (Fsp3) is 0.875. The van der Waals surface area contributed by atoms with Gasteiger partial charge in [-0.1, -0.05) is 5.21 Å². The highest BCUT2D eigenvalue weighted by Crippen LogP contribution is 2.20. The fourth-order valence-electron chi connectivity index (χ4n) is 2.02. The summed E-state index contributed by atoms with van der Waals surface area (Å²) in [7, 11) is -3.07. The summed E-state index contributed by atoms with van der Waals surface area (Å²) < 4.78 is 24.3. The van der Waals surface area contributed by atoms with Crippen LogP contribution < -0.4 is 0 Å². The van der Waals surface area contributed by atoms with Gasteiger partial charge in [-0.25, -0.2) is 12.7 Å². The van der Waals surface area contributed by atoms with Crippen molar-refractivity contribution >= 4 is 10.0 Å². The third-order valence-electron chi connectivity index (χ3n) is 2.81. The molecule has 1 fully saturated rings. The van der Waals surface area contributed by atoms with E-state index in [1.807, 2.05) is 0 Å². The largest absolute Gasteiger partial charge is 0.213 e. The number of hydrogen-bond donors (Lipinski definition) is 1. The Morgan fingerprint density at radius 1 is 1.56 bits per heavy atom. The molecule has 1 atom stereocenters. The van der Waals surface area contributed by atoms with Gasteiger partial charge >= 0.3 is 0 Å². The molecular weight excluding hydrogens is 230 g/mol. The third kappa shape index (κ3) is 2.76. The first-order valence-corrected chi connectivity index (χ1v) is 7.08. The zero-order chi connectivity index (χ0) is 11.6. The Balaban J connectivity index is 1.97. The van der Waals surface area contributed by atoms with Gasteiger partial charge in [-0.3, -0.25) is 0 Å². The second kappa shape index (κ2) is 4.46. The number of tetrazole rings is 1. The van der Waals surface area contributed by atoms with Crippen molar-refractivity contribution in [2.24, 2.45) is 5.92 Å². The molecular formula is C8H15N5O2S. The standard InChI is InChI=1S/C8H15N5O2S/c1-16(14,15)13-4-2-3-7(6-13)5-8-9-11-12-10-8/h7H,2-6H2,1H3,(H,9,10,11,12). The van der Waals surface area contributed by atoms with Crippen molar-refractivity contribution in [3.8, 4) is 0 Å².